The normalized spacial score (nSPS) is 44.7. The molecular formula is C29H48O2. The van der Waals surface area contributed by atoms with Gasteiger partial charge < -0.3 is 10.2 Å². The highest BCUT2D eigenvalue weighted by molar-refractivity contribution is 5.39. The van der Waals surface area contributed by atoms with Gasteiger partial charge in [-0.2, -0.15) is 0 Å². The van der Waals surface area contributed by atoms with Crippen molar-refractivity contribution in [3.8, 4) is 0 Å². The van der Waals surface area contributed by atoms with Crippen LogP contribution in [0.3, 0.4) is 0 Å². The van der Waals surface area contributed by atoms with E-state index in [1.807, 2.05) is 0 Å². The Hall–Kier alpha value is -0.600. The van der Waals surface area contributed by atoms with Crippen molar-refractivity contribution in [3.05, 3.63) is 23.3 Å². The first kappa shape index (κ1) is 23.6. The zero-order valence-corrected chi connectivity index (χ0v) is 21.1. The van der Waals surface area contributed by atoms with Gasteiger partial charge >= 0.3 is 0 Å². The SMILES string of the molecule is C=C1[C@@H](O)CC[C@@]2(C)[C@H]1CCC1=C3[C@H](O)C[C@H]([C@H](C)CC[C@@H](C)C(C)C)[C@@]3(C)CC[C@@H]12. The van der Waals surface area contributed by atoms with Crippen LogP contribution in [0.5, 0.6) is 0 Å². The van der Waals surface area contributed by atoms with Crippen LogP contribution in [0.4, 0.5) is 0 Å². The van der Waals surface area contributed by atoms with Crippen molar-refractivity contribution < 1.29 is 10.2 Å². The van der Waals surface area contributed by atoms with E-state index in [2.05, 4.69) is 48.1 Å². The molecule has 0 heterocycles. The Morgan fingerprint density at radius 2 is 1.65 bits per heavy atom. The van der Waals surface area contributed by atoms with Crippen LogP contribution in [0.1, 0.15) is 99.3 Å². The molecule has 0 amide bonds. The fourth-order valence-electron chi connectivity index (χ4n) is 8.56. The van der Waals surface area contributed by atoms with Crippen molar-refractivity contribution >= 4 is 0 Å². The minimum atomic E-state index is -0.309. The summed E-state index contributed by atoms with van der Waals surface area (Å²) in [4.78, 5) is 0. The molecule has 0 bridgehead atoms. The maximum Gasteiger partial charge on any atom is 0.0761 e. The molecule has 4 aliphatic rings. The average molecular weight is 429 g/mol. The number of aliphatic hydroxyl groups excluding tert-OH is 2. The maximum absolute atomic E-state index is 11.4. The molecule has 0 aromatic rings. The van der Waals surface area contributed by atoms with Gasteiger partial charge in [-0.1, -0.05) is 66.5 Å². The Kier molecular flexibility index (Phi) is 6.32. The van der Waals surface area contributed by atoms with E-state index >= 15 is 0 Å². The monoisotopic (exact) mass is 428 g/mol. The van der Waals surface area contributed by atoms with Gasteiger partial charge in [0.15, 0.2) is 0 Å². The second-order valence-electron chi connectivity index (χ2n) is 12.8. The molecular weight excluding hydrogens is 380 g/mol. The van der Waals surface area contributed by atoms with Crippen molar-refractivity contribution in [2.24, 2.45) is 46.3 Å². The Morgan fingerprint density at radius 3 is 2.32 bits per heavy atom. The standard InChI is InChI=1S/C29H48O2/c1-17(2)18(3)8-9-19(4)24-16-26(31)27-21-10-11-22-20(5)25(30)13-15-28(22,6)23(21)12-14-29(24,27)7/h17-19,22-26,30-31H,5,8-16H2,1-4,6-7H3/t18-,19-,22+,23+,24-,25+,26-,28+,29-/m1/s1. The molecule has 4 aliphatic carbocycles. The average Bonchev–Trinajstić information content (AvgIpc) is 2.99. The lowest BCUT2D eigenvalue weighted by atomic mass is 9.48. The molecule has 2 N–H and O–H groups in total. The zero-order valence-electron chi connectivity index (χ0n) is 21.1. The summed E-state index contributed by atoms with van der Waals surface area (Å²) in [5.74, 6) is 3.83. The predicted octanol–water partition coefficient (Wildman–Crippen LogP) is 6.92. The van der Waals surface area contributed by atoms with Crippen LogP contribution in [-0.4, -0.2) is 22.4 Å². The first-order chi connectivity index (χ1) is 14.5. The molecule has 3 saturated carbocycles. The van der Waals surface area contributed by atoms with Gasteiger partial charge in [-0.15, -0.1) is 0 Å². The van der Waals surface area contributed by atoms with Crippen LogP contribution in [0.25, 0.3) is 0 Å². The fourth-order valence-corrected chi connectivity index (χ4v) is 8.56. The summed E-state index contributed by atoms with van der Waals surface area (Å²) >= 11 is 0. The van der Waals surface area contributed by atoms with E-state index < -0.39 is 0 Å². The van der Waals surface area contributed by atoms with E-state index in [0.717, 1.165) is 49.5 Å². The Morgan fingerprint density at radius 1 is 0.935 bits per heavy atom. The lowest BCUT2D eigenvalue weighted by Gasteiger charge is -2.57. The number of rotatable bonds is 5. The van der Waals surface area contributed by atoms with Gasteiger partial charge in [0.2, 0.25) is 0 Å². The van der Waals surface area contributed by atoms with Gasteiger partial charge in [0, 0.05) is 0 Å². The first-order valence-electron chi connectivity index (χ1n) is 13.3. The third kappa shape index (κ3) is 3.68. The summed E-state index contributed by atoms with van der Waals surface area (Å²) in [6.07, 6.45) is 9.65. The maximum atomic E-state index is 11.4. The fraction of sp³-hybridized carbons (Fsp3) is 0.862. The molecule has 176 valence electrons. The van der Waals surface area contributed by atoms with Gasteiger partial charge in [0.1, 0.15) is 0 Å². The summed E-state index contributed by atoms with van der Waals surface area (Å²) in [5.41, 5.74) is 4.56. The van der Waals surface area contributed by atoms with Crippen molar-refractivity contribution in [1.29, 1.82) is 0 Å². The predicted molar refractivity (Wildman–Crippen MR) is 130 cm³/mol. The molecule has 2 heteroatoms. The lowest BCUT2D eigenvalue weighted by molar-refractivity contribution is 0.00212. The smallest absolute Gasteiger partial charge is 0.0761 e. The molecule has 9 atom stereocenters. The molecule has 0 aromatic heterocycles. The Labute approximate surface area is 191 Å². The number of allylic oxidation sites excluding steroid dienone is 1. The van der Waals surface area contributed by atoms with Crippen molar-refractivity contribution in [2.75, 3.05) is 0 Å². The molecule has 0 radical (unpaired) electrons. The Bertz CT molecular complexity index is 735. The molecule has 4 rings (SSSR count). The quantitative estimate of drug-likeness (QED) is 0.467. The third-order valence-electron chi connectivity index (χ3n) is 11.0. The number of hydrogen-bond donors (Lipinski definition) is 2. The van der Waals surface area contributed by atoms with Crippen LogP contribution in [-0.2, 0) is 0 Å². The van der Waals surface area contributed by atoms with Crippen LogP contribution in [0.15, 0.2) is 23.3 Å². The van der Waals surface area contributed by atoms with Crippen molar-refractivity contribution in [2.45, 2.75) is 112 Å². The van der Waals surface area contributed by atoms with Gasteiger partial charge in [0.05, 0.1) is 12.2 Å². The van der Waals surface area contributed by atoms with Gasteiger partial charge in [0.25, 0.3) is 0 Å². The highest BCUT2D eigenvalue weighted by atomic mass is 16.3. The van der Waals surface area contributed by atoms with Gasteiger partial charge in [-0.05, 0) is 102 Å². The highest BCUT2D eigenvalue weighted by Crippen LogP contribution is 2.66. The van der Waals surface area contributed by atoms with Crippen LogP contribution < -0.4 is 0 Å². The number of fused-ring (bicyclic) bond motifs is 4. The Balaban J connectivity index is 1.60. The molecule has 0 aromatic carbocycles. The number of hydrogen-bond acceptors (Lipinski definition) is 2. The van der Waals surface area contributed by atoms with Gasteiger partial charge in [-0.25, -0.2) is 0 Å². The highest BCUT2D eigenvalue weighted by Gasteiger charge is 2.58. The van der Waals surface area contributed by atoms with E-state index in [1.165, 1.54) is 31.3 Å². The van der Waals surface area contributed by atoms with E-state index in [1.54, 1.807) is 5.57 Å². The summed E-state index contributed by atoms with van der Waals surface area (Å²) in [6.45, 7) is 18.8. The van der Waals surface area contributed by atoms with Crippen molar-refractivity contribution in [3.63, 3.8) is 0 Å². The second kappa shape index (κ2) is 8.32. The largest absolute Gasteiger partial charge is 0.389 e. The molecule has 0 saturated heterocycles. The zero-order chi connectivity index (χ0) is 22.7. The second-order valence-corrected chi connectivity index (χ2v) is 12.8. The van der Waals surface area contributed by atoms with Crippen LogP contribution in [0, 0.1) is 46.3 Å². The van der Waals surface area contributed by atoms with Crippen LogP contribution in [0.2, 0.25) is 0 Å². The van der Waals surface area contributed by atoms with E-state index in [-0.39, 0.29) is 23.0 Å². The summed E-state index contributed by atoms with van der Waals surface area (Å²) in [5, 5.41) is 21.8. The first-order valence-corrected chi connectivity index (χ1v) is 13.3. The molecule has 2 nitrogen and oxygen atoms in total. The van der Waals surface area contributed by atoms with Crippen molar-refractivity contribution in [1.82, 2.24) is 0 Å². The molecule has 31 heavy (non-hydrogen) atoms. The molecule has 0 spiro atoms. The molecule has 3 fully saturated rings. The summed E-state index contributed by atoms with van der Waals surface area (Å²) in [6, 6.07) is 0. The van der Waals surface area contributed by atoms with E-state index in [9.17, 15) is 10.2 Å². The third-order valence-corrected chi connectivity index (χ3v) is 11.0. The van der Waals surface area contributed by atoms with E-state index in [4.69, 9.17) is 0 Å². The molecule has 0 aliphatic heterocycles. The minimum Gasteiger partial charge on any atom is -0.389 e. The van der Waals surface area contributed by atoms with Crippen LogP contribution >= 0.6 is 0 Å². The number of aliphatic hydroxyl groups is 2. The summed E-state index contributed by atoms with van der Waals surface area (Å²) < 4.78 is 0. The lowest BCUT2D eigenvalue weighted by Crippen LogP contribution is -2.49. The van der Waals surface area contributed by atoms with Gasteiger partial charge in [-0.3, -0.25) is 0 Å². The van der Waals surface area contributed by atoms with E-state index in [0.29, 0.717) is 23.7 Å². The molecule has 0 unspecified atom stereocenters. The topological polar surface area (TPSA) is 40.5 Å². The summed E-state index contributed by atoms with van der Waals surface area (Å²) in [7, 11) is 0. The minimum absolute atomic E-state index is 0.181.